The topological polar surface area (TPSA) is 45.9 Å². The summed E-state index contributed by atoms with van der Waals surface area (Å²) in [5.41, 5.74) is 9.79. The molecule has 0 radical (unpaired) electrons. The molecule has 0 unspecified atom stereocenters. The highest BCUT2D eigenvalue weighted by Crippen LogP contribution is 2.48. The molecule has 0 atom stereocenters. The lowest BCUT2D eigenvalue weighted by atomic mass is 9.95. The van der Waals surface area contributed by atoms with Crippen LogP contribution in [0, 0.1) is 0 Å². The van der Waals surface area contributed by atoms with Crippen molar-refractivity contribution in [3.63, 3.8) is 0 Å². The van der Waals surface area contributed by atoms with Gasteiger partial charge < -0.3 is 23.1 Å². The molecule has 12 rings (SSSR count). The van der Waals surface area contributed by atoms with Crippen molar-refractivity contribution >= 4 is 98.7 Å². The standard InChI is InChI=1S/C48H38N2O3/c1-5-18-49(19-6-1)33-16-14-29-24-39-42(26-31(29)22-33)51-44-28-38(37-12-9-11-36-35-10-3-4-13-41(35)52-47(36)37)48-46(45(39)44)40-25-30-15-17-34(50-20-7-2-8-21-50)23-32(30)27-43(40)53-48/h3-4,9-17,22-28H,1-2,5-8,18-21H2. The van der Waals surface area contributed by atoms with Crippen LogP contribution in [0.2, 0.25) is 0 Å². The zero-order valence-corrected chi connectivity index (χ0v) is 29.6. The first-order chi connectivity index (χ1) is 26.2. The predicted octanol–water partition coefficient (Wildman–Crippen LogP) is 13.3. The van der Waals surface area contributed by atoms with E-state index in [4.69, 9.17) is 13.3 Å². The predicted molar refractivity (Wildman–Crippen MR) is 221 cm³/mol. The summed E-state index contributed by atoms with van der Waals surface area (Å²) >= 11 is 0. The van der Waals surface area contributed by atoms with Crippen LogP contribution in [0.25, 0.3) is 98.5 Å². The molecule has 0 spiro atoms. The smallest absolute Gasteiger partial charge is 0.144 e. The maximum Gasteiger partial charge on any atom is 0.144 e. The fraction of sp³-hybridized carbons (Fsp3) is 0.208. The summed E-state index contributed by atoms with van der Waals surface area (Å²) in [6.45, 7) is 4.49. The van der Waals surface area contributed by atoms with Crippen LogP contribution in [0.5, 0.6) is 0 Å². The highest BCUT2D eigenvalue weighted by molar-refractivity contribution is 6.30. The Balaban J connectivity index is 1.14. The molecule has 5 heterocycles. The maximum atomic E-state index is 7.05. The Morgan fingerprint density at radius 2 is 0.962 bits per heavy atom. The zero-order valence-electron chi connectivity index (χ0n) is 29.6. The number of hydrogen-bond donors (Lipinski definition) is 0. The van der Waals surface area contributed by atoms with Crippen molar-refractivity contribution in [3.8, 4) is 11.1 Å². The Morgan fingerprint density at radius 3 is 1.66 bits per heavy atom. The summed E-state index contributed by atoms with van der Waals surface area (Å²) in [5.74, 6) is 0. The van der Waals surface area contributed by atoms with Gasteiger partial charge in [-0.1, -0.05) is 48.5 Å². The molecular weight excluding hydrogens is 653 g/mol. The van der Waals surface area contributed by atoms with Crippen LogP contribution in [0.4, 0.5) is 11.4 Å². The van der Waals surface area contributed by atoms with Crippen molar-refractivity contribution < 1.29 is 13.3 Å². The second kappa shape index (κ2) is 11.3. The van der Waals surface area contributed by atoms with Crippen LogP contribution in [0.1, 0.15) is 38.5 Å². The Hall–Kier alpha value is -5.94. The molecule has 0 bridgehead atoms. The lowest BCUT2D eigenvalue weighted by Gasteiger charge is -2.29. The van der Waals surface area contributed by atoms with E-state index >= 15 is 0 Å². The van der Waals surface area contributed by atoms with Crippen molar-refractivity contribution in [1.82, 2.24) is 0 Å². The molecular formula is C48H38N2O3. The number of para-hydroxylation sites is 2. The van der Waals surface area contributed by atoms with Gasteiger partial charge in [0.25, 0.3) is 0 Å². The van der Waals surface area contributed by atoms with Crippen molar-refractivity contribution in [2.45, 2.75) is 38.5 Å². The van der Waals surface area contributed by atoms with Crippen molar-refractivity contribution in [1.29, 1.82) is 0 Å². The molecule has 2 fully saturated rings. The van der Waals surface area contributed by atoms with E-state index in [0.717, 1.165) is 103 Å². The molecule has 2 aliphatic rings. The molecule has 5 nitrogen and oxygen atoms in total. The fourth-order valence-corrected chi connectivity index (χ4v) is 9.52. The number of benzene rings is 7. The molecule has 10 aromatic rings. The maximum absolute atomic E-state index is 7.05. The van der Waals surface area contributed by atoms with Gasteiger partial charge in [0.1, 0.15) is 33.5 Å². The largest absolute Gasteiger partial charge is 0.456 e. The molecule has 7 aromatic carbocycles. The van der Waals surface area contributed by atoms with E-state index in [-0.39, 0.29) is 0 Å². The lowest BCUT2D eigenvalue weighted by Crippen LogP contribution is -2.29. The summed E-state index contributed by atoms with van der Waals surface area (Å²) < 4.78 is 20.5. The van der Waals surface area contributed by atoms with Crippen molar-refractivity contribution in [3.05, 3.63) is 109 Å². The van der Waals surface area contributed by atoms with Crippen LogP contribution >= 0.6 is 0 Å². The highest BCUT2D eigenvalue weighted by atomic mass is 16.3. The minimum absolute atomic E-state index is 0.852. The molecule has 0 N–H and O–H groups in total. The molecule has 258 valence electrons. The molecule has 0 aliphatic carbocycles. The number of nitrogens with zero attached hydrogens (tertiary/aromatic N) is 2. The van der Waals surface area contributed by atoms with Crippen molar-refractivity contribution in [2.24, 2.45) is 0 Å². The second-order valence-electron chi connectivity index (χ2n) is 15.3. The van der Waals surface area contributed by atoms with E-state index in [2.05, 4.69) is 107 Å². The molecule has 0 saturated carbocycles. The summed E-state index contributed by atoms with van der Waals surface area (Å²) in [6.07, 6.45) is 7.67. The molecule has 0 amide bonds. The van der Waals surface area contributed by atoms with Gasteiger partial charge >= 0.3 is 0 Å². The van der Waals surface area contributed by atoms with Crippen LogP contribution < -0.4 is 9.80 Å². The van der Waals surface area contributed by atoms with Gasteiger partial charge in [0.2, 0.25) is 0 Å². The summed E-state index contributed by atoms with van der Waals surface area (Å²) in [4.78, 5) is 5.05. The summed E-state index contributed by atoms with van der Waals surface area (Å²) in [5, 5.41) is 11.4. The van der Waals surface area contributed by atoms with E-state index in [1.807, 2.05) is 12.1 Å². The number of furan rings is 3. The minimum Gasteiger partial charge on any atom is -0.456 e. The highest BCUT2D eigenvalue weighted by Gasteiger charge is 2.24. The third-order valence-electron chi connectivity index (χ3n) is 12.2. The second-order valence-corrected chi connectivity index (χ2v) is 15.3. The quantitative estimate of drug-likeness (QED) is 0.185. The number of hydrogen-bond acceptors (Lipinski definition) is 5. The Labute approximate surface area is 305 Å². The molecule has 53 heavy (non-hydrogen) atoms. The Bertz CT molecular complexity index is 3100. The molecule has 2 aliphatic heterocycles. The van der Waals surface area contributed by atoms with Gasteiger partial charge in [-0.25, -0.2) is 0 Å². The van der Waals surface area contributed by atoms with Crippen LogP contribution in [0.3, 0.4) is 0 Å². The van der Waals surface area contributed by atoms with E-state index in [1.54, 1.807) is 0 Å². The third-order valence-corrected chi connectivity index (χ3v) is 12.2. The van der Waals surface area contributed by atoms with Crippen LogP contribution in [0.15, 0.2) is 122 Å². The first-order valence-electron chi connectivity index (χ1n) is 19.4. The number of piperidine rings is 2. The van der Waals surface area contributed by atoms with E-state index in [9.17, 15) is 0 Å². The normalized spacial score (nSPS) is 15.8. The van der Waals surface area contributed by atoms with Gasteiger partial charge in [0, 0.05) is 81.0 Å². The Morgan fingerprint density at radius 1 is 0.358 bits per heavy atom. The monoisotopic (exact) mass is 690 g/mol. The first-order valence-corrected chi connectivity index (χ1v) is 19.4. The van der Waals surface area contributed by atoms with E-state index in [0.29, 0.717) is 0 Å². The van der Waals surface area contributed by atoms with Gasteiger partial charge in [0.15, 0.2) is 0 Å². The van der Waals surface area contributed by atoms with Crippen LogP contribution in [-0.2, 0) is 0 Å². The van der Waals surface area contributed by atoms with Gasteiger partial charge in [-0.15, -0.1) is 0 Å². The third kappa shape index (κ3) is 4.49. The molecule has 3 aromatic heterocycles. The fourth-order valence-electron chi connectivity index (χ4n) is 9.52. The SMILES string of the molecule is c1ccc2c(c1)oc1c(-c3cc4oc5cc6cc(N7CCCCC7)ccc6cc5c4c4c3oc3cc5cc(N6CCCCC6)ccc5cc34)cccc12. The average molecular weight is 691 g/mol. The van der Waals surface area contributed by atoms with Crippen molar-refractivity contribution in [2.75, 3.05) is 36.0 Å². The molecule has 5 heteroatoms. The summed E-state index contributed by atoms with van der Waals surface area (Å²) in [6, 6.07) is 39.9. The van der Waals surface area contributed by atoms with E-state index < -0.39 is 0 Å². The molecule has 2 saturated heterocycles. The van der Waals surface area contributed by atoms with Crippen LogP contribution in [-0.4, -0.2) is 26.2 Å². The lowest BCUT2D eigenvalue weighted by molar-refractivity contribution is 0.578. The zero-order chi connectivity index (χ0) is 34.6. The number of fused-ring (bicyclic) bond motifs is 12. The Kier molecular flexibility index (Phi) is 6.30. The van der Waals surface area contributed by atoms with Gasteiger partial charge in [-0.3, -0.25) is 0 Å². The van der Waals surface area contributed by atoms with Gasteiger partial charge in [-0.05, 0) is 121 Å². The number of anilines is 2. The van der Waals surface area contributed by atoms with Gasteiger partial charge in [0.05, 0.1) is 0 Å². The minimum atomic E-state index is 0.852. The first kappa shape index (κ1) is 29.6. The number of rotatable bonds is 3. The summed E-state index contributed by atoms with van der Waals surface area (Å²) in [7, 11) is 0. The van der Waals surface area contributed by atoms with E-state index in [1.165, 1.54) is 71.4 Å². The van der Waals surface area contributed by atoms with Gasteiger partial charge in [-0.2, -0.15) is 0 Å². The average Bonchev–Trinajstić information content (AvgIpc) is 3.89.